The third-order valence-corrected chi connectivity index (χ3v) is 4.17. The molecule has 24 heavy (non-hydrogen) atoms. The predicted molar refractivity (Wildman–Crippen MR) is 93.6 cm³/mol. The van der Waals surface area contributed by atoms with E-state index in [0.29, 0.717) is 31.7 Å². The van der Waals surface area contributed by atoms with Crippen molar-refractivity contribution in [3.05, 3.63) is 35.6 Å². The zero-order valence-corrected chi connectivity index (χ0v) is 15.1. The van der Waals surface area contributed by atoms with E-state index in [9.17, 15) is 14.0 Å². The molecule has 1 atom stereocenters. The molecule has 0 aromatic heterocycles. The molecule has 0 spiro atoms. The lowest BCUT2D eigenvalue weighted by molar-refractivity contribution is -0.136. The van der Waals surface area contributed by atoms with Gasteiger partial charge in [-0.15, -0.1) is 12.4 Å². The molecular formula is C17H25ClFN3O2. The fraction of sp³-hybridized carbons (Fsp3) is 0.529. The summed E-state index contributed by atoms with van der Waals surface area (Å²) in [6.07, 6.45) is 0. The van der Waals surface area contributed by atoms with Crippen LogP contribution >= 0.6 is 12.4 Å². The van der Waals surface area contributed by atoms with Crippen molar-refractivity contribution >= 4 is 24.2 Å². The lowest BCUT2D eigenvalue weighted by atomic mass is 9.86. The molecule has 0 unspecified atom stereocenters. The molecule has 0 saturated carbocycles. The van der Waals surface area contributed by atoms with Crippen LogP contribution in [-0.2, 0) is 4.79 Å². The van der Waals surface area contributed by atoms with E-state index in [0.717, 1.165) is 0 Å². The molecule has 1 aromatic rings. The topological polar surface area (TPSA) is 66.6 Å². The maximum absolute atomic E-state index is 12.9. The predicted octanol–water partition coefficient (Wildman–Crippen LogP) is 1.91. The Kier molecular flexibility index (Phi) is 6.75. The number of carbonyl (C=O) groups excluding carboxylic acids is 2. The van der Waals surface area contributed by atoms with E-state index in [1.165, 1.54) is 24.3 Å². The lowest BCUT2D eigenvalue weighted by Gasteiger charge is -2.38. The zero-order valence-electron chi connectivity index (χ0n) is 14.3. The van der Waals surface area contributed by atoms with Crippen LogP contribution < -0.4 is 5.73 Å². The van der Waals surface area contributed by atoms with E-state index in [2.05, 4.69) is 0 Å². The molecule has 0 aliphatic carbocycles. The first-order valence-electron chi connectivity index (χ1n) is 7.79. The molecule has 2 N–H and O–H groups in total. The van der Waals surface area contributed by atoms with Crippen molar-refractivity contribution < 1.29 is 14.0 Å². The average Bonchev–Trinajstić information content (AvgIpc) is 2.53. The van der Waals surface area contributed by atoms with Gasteiger partial charge in [-0.25, -0.2) is 4.39 Å². The van der Waals surface area contributed by atoms with Crippen LogP contribution in [0.25, 0.3) is 0 Å². The van der Waals surface area contributed by atoms with E-state index in [1.807, 2.05) is 20.8 Å². The second-order valence-electron chi connectivity index (χ2n) is 6.97. The summed E-state index contributed by atoms with van der Waals surface area (Å²) in [5.41, 5.74) is 6.18. The van der Waals surface area contributed by atoms with Gasteiger partial charge in [-0.1, -0.05) is 20.8 Å². The number of nitrogens with zero attached hydrogens (tertiary/aromatic N) is 2. The highest BCUT2D eigenvalue weighted by atomic mass is 35.5. The van der Waals surface area contributed by atoms with Crippen molar-refractivity contribution in [2.24, 2.45) is 11.1 Å². The number of hydrogen-bond acceptors (Lipinski definition) is 3. The summed E-state index contributed by atoms with van der Waals surface area (Å²) < 4.78 is 12.9. The second kappa shape index (κ2) is 7.94. The van der Waals surface area contributed by atoms with Crippen LogP contribution in [0.5, 0.6) is 0 Å². The molecule has 0 bridgehead atoms. The number of piperazine rings is 1. The molecule has 2 rings (SSSR count). The molecule has 5 nitrogen and oxygen atoms in total. The van der Waals surface area contributed by atoms with Crippen molar-refractivity contribution in [2.75, 3.05) is 26.2 Å². The summed E-state index contributed by atoms with van der Waals surface area (Å²) in [5, 5.41) is 0. The molecule has 0 radical (unpaired) electrons. The first kappa shape index (κ1) is 20.4. The van der Waals surface area contributed by atoms with Gasteiger partial charge in [0.2, 0.25) is 5.91 Å². The normalized spacial score (nSPS) is 16.4. The third kappa shape index (κ3) is 4.68. The molecule has 1 aliphatic heterocycles. The quantitative estimate of drug-likeness (QED) is 0.879. The van der Waals surface area contributed by atoms with Crippen LogP contribution in [0.4, 0.5) is 4.39 Å². The first-order chi connectivity index (χ1) is 10.7. The van der Waals surface area contributed by atoms with Gasteiger partial charge in [0.1, 0.15) is 5.82 Å². The van der Waals surface area contributed by atoms with Crippen LogP contribution in [0.1, 0.15) is 31.1 Å². The molecule has 1 saturated heterocycles. The van der Waals surface area contributed by atoms with Crippen molar-refractivity contribution in [3.8, 4) is 0 Å². The minimum Gasteiger partial charge on any atom is -0.338 e. The Bertz CT molecular complexity index is 578. The average molecular weight is 358 g/mol. The second-order valence-corrected chi connectivity index (χ2v) is 6.97. The first-order valence-corrected chi connectivity index (χ1v) is 7.79. The Hall–Kier alpha value is -1.66. The lowest BCUT2D eigenvalue weighted by Crippen LogP contribution is -2.56. The summed E-state index contributed by atoms with van der Waals surface area (Å²) >= 11 is 0. The van der Waals surface area contributed by atoms with Crippen molar-refractivity contribution in [3.63, 3.8) is 0 Å². The van der Waals surface area contributed by atoms with Gasteiger partial charge in [-0.3, -0.25) is 9.59 Å². The Morgan fingerprint density at radius 3 is 1.96 bits per heavy atom. The minimum atomic E-state index is -0.554. The van der Waals surface area contributed by atoms with Gasteiger partial charge >= 0.3 is 0 Å². The molecule has 1 fully saturated rings. The van der Waals surface area contributed by atoms with Crippen LogP contribution in [0.2, 0.25) is 0 Å². The maximum atomic E-state index is 12.9. The van der Waals surface area contributed by atoms with Gasteiger partial charge in [0.25, 0.3) is 5.91 Å². The van der Waals surface area contributed by atoms with Crippen LogP contribution in [0.3, 0.4) is 0 Å². The number of hydrogen-bond donors (Lipinski definition) is 1. The van der Waals surface area contributed by atoms with Crippen LogP contribution in [0.15, 0.2) is 24.3 Å². The standard InChI is InChI=1S/C17H24FN3O2.ClH/c1-17(2,3)14(19)16(23)21-10-8-20(9-11-21)15(22)12-4-6-13(18)7-5-12;/h4-7,14H,8-11,19H2,1-3H3;1H/t14-;/m1./s1. The van der Waals surface area contributed by atoms with E-state index in [1.54, 1.807) is 9.80 Å². The number of halogens is 2. The zero-order chi connectivity index (χ0) is 17.2. The van der Waals surface area contributed by atoms with Crippen molar-refractivity contribution in [1.29, 1.82) is 0 Å². The largest absolute Gasteiger partial charge is 0.338 e. The number of nitrogens with two attached hydrogens (primary N) is 1. The smallest absolute Gasteiger partial charge is 0.253 e. The van der Waals surface area contributed by atoms with Gasteiger partial charge in [0.05, 0.1) is 6.04 Å². The molecule has 134 valence electrons. The Morgan fingerprint density at radius 1 is 1.04 bits per heavy atom. The van der Waals surface area contributed by atoms with Gasteiger partial charge < -0.3 is 15.5 Å². The van der Waals surface area contributed by atoms with Gasteiger partial charge in [0, 0.05) is 31.7 Å². The Morgan fingerprint density at radius 2 is 1.50 bits per heavy atom. The molecule has 1 heterocycles. The number of rotatable bonds is 2. The highest BCUT2D eigenvalue weighted by Gasteiger charge is 2.33. The number of carbonyl (C=O) groups is 2. The van der Waals surface area contributed by atoms with Crippen LogP contribution in [0, 0.1) is 11.2 Å². The molecule has 2 amide bonds. The van der Waals surface area contributed by atoms with Crippen LogP contribution in [-0.4, -0.2) is 53.8 Å². The highest BCUT2D eigenvalue weighted by molar-refractivity contribution is 5.94. The van der Waals surface area contributed by atoms with E-state index < -0.39 is 6.04 Å². The summed E-state index contributed by atoms with van der Waals surface area (Å²) in [4.78, 5) is 28.1. The Labute approximate surface area is 148 Å². The monoisotopic (exact) mass is 357 g/mol. The molecule has 1 aliphatic rings. The van der Waals surface area contributed by atoms with Crippen molar-refractivity contribution in [1.82, 2.24) is 9.80 Å². The highest BCUT2D eigenvalue weighted by Crippen LogP contribution is 2.20. The van der Waals surface area contributed by atoms with Crippen molar-refractivity contribution in [2.45, 2.75) is 26.8 Å². The molecule has 7 heteroatoms. The SMILES string of the molecule is CC(C)(C)[C@H](N)C(=O)N1CCN(C(=O)c2ccc(F)cc2)CC1.Cl. The summed E-state index contributed by atoms with van der Waals surface area (Å²) in [7, 11) is 0. The minimum absolute atomic E-state index is 0. The number of amides is 2. The van der Waals surface area contributed by atoms with E-state index in [-0.39, 0.29) is 35.5 Å². The van der Waals surface area contributed by atoms with Gasteiger partial charge in [0.15, 0.2) is 0 Å². The summed E-state index contributed by atoms with van der Waals surface area (Å²) in [6.45, 7) is 7.65. The third-order valence-electron chi connectivity index (χ3n) is 4.17. The fourth-order valence-electron chi connectivity index (χ4n) is 2.47. The molecule has 1 aromatic carbocycles. The van der Waals surface area contributed by atoms with E-state index >= 15 is 0 Å². The fourth-order valence-corrected chi connectivity index (χ4v) is 2.47. The maximum Gasteiger partial charge on any atom is 0.253 e. The Balaban J connectivity index is 0.00000288. The molecular weight excluding hydrogens is 333 g/mol. The van der Waals surface area contributed by atoms with E-state index in [4.69, 9.17) is 5.73 Å². The van der Waals surface area contributed by atoms with Gasteiger partial charge in [-0.05, 0) is 29.7 Å². The summed E-state index contributed by atoms with van der Waals surface area (Å²) in [5.74, 6) is -0.586. The summed E-state index contributed by atoms with van der Waals surface area (Å²) in [6, 6.07) is 4.95. The van der Waals surface area contributed by atoms with Gasteiger partial charge in [-0.2, -0.15) is 0 Å². The number of benzene rings is 1.